The lowest BCUT2D eigenvalue weighted by atomic mass is 9.43. The van der Waals surface area contributed by atoms with Gasteiger partial charge >= 0.3 is 0 Å². The average molecular weight is 499 g/mol. The molecule has 0 aromatic heterocycles. The van der Waals surface area contributed by atoms with Gasteiger partial charge in [0.2, 0.25) is 5.91 Å². The first kappa shape index (κ1) is 26.7. The first-order valence-electron chi connectivity index (χ1n) is 15.2. The third-order valence-corrected chi connectivity index (χ3v) is 13.2. The minimum Gasteiger partial charge on any atom is -0.393 e. The fourth-order valence-electron chi connectivity index (χ4n) is 10.4. The zero-order valence-electron chi connectivity index (χ0n) is 24.5. The molecule has 5 rings (SSSR count). The number of aliphatic hydroxyl groups is 1. The number of amides is 1. The molecule has 204 valence electrons. The highest BCUT2D eigenvalue weighted by molar-refractivity contribution is 5.76. The van der Waals surface area contributed by atoms with Crippen LogP contribution in [0, 0.1) is 39.4 Å². The number of hydrogen-bond donors (Lipinski definition) is 1. The SMILES string of the molecule is C[C@H](CCC(=O)N1CCN(C)CC1)[C@H]1CC[C@@]2(C)C3=C(CC[C@]12C)[C@@]1(C)CC[C@H](O)C(C)(C)[C@@H]1CC3. The summed E-state index contributed by atoms with van der Waals surface area (Å²) in [5.74, 6) is 2.29. The Bertz CT molecular complexity index is 902. The zero-order chi connectivity index (χ0) is 26.1. The molecular formula is C32H54N2O2. The molecule has 1 amide bonds. The second-order valence-corrected chi connectivity index (χ2v) is 14.9. The third-order valence-electron chi connectivity index (χ3n) is 13.2. The lowest BCUT2D eigenvalue weighted by Crippen LogP contribution is -2.55. The summed E-state index contributed by atoms with van der Waals surface area (Å²) in [6, 6.07) is 0. The normalized spacial score (nSPS) is 43.6. The van der Waals surface area contributed by atoms with E-state index in [0.29, 0.717) is 34.5 Å². The van der Waals surface area contributed by atoms with Crippen molar-refractivity contribution in [1.82, 2.24) is 9.80 Å². The molecule has 4 heteroatoms. The number of nitrogens with zero attached hydrogens (tertiary/aromatic N) is 2. The number of fused-ring (bicyclic) bond motifs is 4. The number of carbonyl (C=O) groups excluding carboxylic acids is 1. The summed E-state index contributed by atoms with van der Waals surface area (Å²) in [6.07, 6.45) is 11.4. The Hall–Kier alpha value is -0.870. The molecule has 2 saturated carbocycles. The summed E-state index contributed by atoms with van der Waals surface area (Å²) in [5, 5.41) is 10.9. The van der Waals surface area contributed by atoms with Crippen LogP contribution < -0.4 is 0 Å². The van der Waals surface area contributed by atoms with Gasteiger partial charge < -0.3 is 14.9 Å². The highest BCUT2D eigenvalue weighted by Crippen LogP contribution is 2.72. The van der Waals surface area contributed by atoms with Crippen molar-refractivity contribution < 1.29 is 9.90 Å². The Labute approximate surface area is 221 Å². The van der Waals surface area contributed by atoms with Gasteiger partial charge in [-0.25, -0.2) is 0 Å². The van der Waals surface area contributed by atoms with E-state index in [-0.39, 0.29) is 16.9 Å². The van der Waals surface area contributed by atoms with E-state index in [1.165, 1.54) is 38.5 Å². The van der Waals surface area contributed by atoms with E-state index in [0.717, 1.165) is 51.9 Å². The van der Waals surface area contributed by atoms with Gasteiger partial charge in [-0.05, 0) is 104 Å². The lowest BCUT2D eigenvalue weighted by Gasteiger charge is -2.62. The molecule has 5 aliphatic rings. The van der Waals surface area contributed by atoms with Gasteiger partial charge in [0.25, 0.3) is 0 Å². The molecule has 0 aromatic carbocycles. The minimum atomic E-state index is -0.160. The molecular weight excluding hydrogens is 444 g/mol. The smallest absolute Gasteiger partial charge is 0.222 e. The van der Waals surface area contributed by atoms with E-state index in [1.54, 1.807) is 5.57 Å². The van der Waals surface area contributed by atoms with Gasteiger partial charge in [-0.2, -0.15) is 0 Å². The van der Waals surface area contributed by atoms with Gasteiger partial charge in [-0.3, -0.25) is 4.79 Å². The van der Waals surface area contributed by atoms with Crippen molar-refractivity contribution in [3.63, 3.8) is 0 Å². The number of aliphatic hydroxyl groups excluding tert-OH is 1. The molecule has 1 N–H and O–H groups in total. The topological polar surface area (TPSA) is 43.8 Å². The lowest BCUT2D eigenvalue weighted by molar-refractivity contribution is -0.133. The maximum atomic E-state index is 13.0. The Balaban J connectivity index is 1.32. The summed E-state index contributed by atoms with van der Waals surface area (Å²) < 4.78 is 0. The van der Waals surface area contributed by atoms with Crippen molar-refractivity contribution in [2.24, 2.45) is 39.4 Å². The van der Waals surface area contributed by atoms with Crippen LogP contribution in [0.25, 0.3) is 0 Å². The van der Waals surface area contributed by atoms with Gasteiger partial charge in [-0.1, -0.05) is 52.7 Å². The monoisotopic (exact) mass is 498 g/mol. The molecule has 0 radical (unpaired) electrons. The van der Waals surface area contributed by atoms with Crippen LogP contribution >= 0.6 is 0 Å². The van der Waals surface area contributed by atoms with Crippen molar-refractivity contribution in [3.8, 4) is 0 Å². The largest absolute Gasteiger partial charge is 0.393 e. The number of rotatable bonds is 4. The molecule has 3 fully saturated rings. The summed E-state index contributed by atoms with van der Waals surface area (Å²) >= 11 is 0. The second-order valence-electron chi connectivity index (χ2n) is 14.9. The van der Waals surface area contributed by atoms with Crippen molar-refractivity contribution in [2.45, 2.75) is 112 Å². The Kier molecular flexibility index (Phi) is 6.76. The summed E-state index contributed by atoms with van der Waals surface area (Å²) in [6.45, 7) is 18.7. The molecule has 4 nitrogen and oxygen atoms in total. The summed E-state index contributed by atoms with van der Waals surface area (Å²) in [7, 11) is 2.15. The molecule has 0 spiro atoms. The molecule has 36 heavy (non-hydrogen) atoms. The predicted molar refractivity (Wildman–Crippen MR) is 148 cm³/mol. The van der Waals surface area contributed by atoms with Crippen molar-refractivity contribution in [2.75, 3.05) is 33.2 Å². The molecule has 1 saturated heterocycles. The van der Waals surface area contributed by atoms with Crippen molar-refractivity contribution >= 4 is 5.91 Å². The molecule has 0 bridgehead atoms. The van der Waals surface area contributed by atoms with Gasteiger partial charge in [-0.15, -0.1) is 0 Å². The van der Waals surface area contributed by atoms with Gasteiger partial charge in [0.05, 0.1) is 6.10 Å². The first-order chi connectivity index (χ1) is 16.8. The quantitative estimate of drug-likeness (QED) is 0.464. The van der Waals surface area contributed by atoms with Crippen molar-refractivity contribution in [1.29, 1.82) is 0 Å². The Morgan fingerprint density at radius 1 is 0.944 bits per heavy atom. The molecule has 0 aromatic rings. The fraction of sp³-hybridized carbons (Fsp3) is 0.906. The number of piperazine rings is 1. The Morgan fingerprint density at radius 2 is 1.64 bits per heavy atom. The minimum absolute atomic E-state index is 0.0101. The standard InChI is InChI=1S/C32H54N2O2/c1-22(8-11-28(36)34-20-18-33(7)19-21-34)23-12-16-32(6)25-9-10-26-29(2,3)27(35)14-15-30(26,4)24(25)13-17-31(23,32)5/h22-23,26-27,35H,8-21H2,1-7H3/t22-,23-,26+,27+,30-,31-,32+/m1/s1. The van der Waals surface area contributed by atoms with E-state index < -0.39 is 0 Å². The molecule has 4 aliphatic carbocycles. The summed E-state index contributed by atoms with van der Waals surface area (Å²) in [5.41, 5.74) is 4.54. The number of hydrogen-bond acceptors (Lipinski definition) is 3. The van der Waals surface area contributed by atoms with E-state index >= 15 is 0 Å². The fourth-order valence-corrected chi connectivity index (χ4v) is 10.4. The van der Waals surface area contributed by atoms with Crippen LogP contribution in [0.5, 0.6) is 0 Å². The zero-order valence-corrected chi connectivity index (χ0v) is 24.5. The maximum absolute atomic E-state index is 13.0. The van der Waals surface area contributed by atoms with E-state index in [9.17, 15) is 9.90 Å². The number of allylic oxidation sites excluding steroid dienone is 2. The third kappa shape index (κ3) is 3.86. The second kappa shape index (κ2) is 9.11. The van der Waals surface area contributed by atoms with Gasteiger partial charge in [0.1, 0.15) is 0 Å². The molecule has 7 atom stereocenters. The van der Waals surface area contributed by atoms with Crippen LogP contribution in [0.3, 0.4) is 0 Å². The van der Waals surface area contributed by atoms with E-state index in [4.69, 9.17) is 0 Å². The van der Waals surface area contributed by atoms with Crippen molar-refractivity contribution in [3.05, 3.63) is 11.1 Å². The van der Waals surface area contributed by atoms with Crippen LogP contribution in [0.15, 0.2) is 11.1 Å². The first-order valence-corrected chi connectivity index (χ1v) is 15.2. The van der Waals surface area contributed by atoms with Crippen LogP contribution in [0.1, 0.15) is 106 Å². The van der Waals surface area contributed by atoms with Crippen LogP contribution in [0.2, 0.25) is 0 Å². The summed E-state index contributed by atoms with van der Waals surface area (Å²) in [4.78, 5) is 17.4. The maximum Gasteiger partial charge on any atom is 0.222 e. The van der Waals surface area contributed by atoms with E-state index in [1.807, 2.05) is 5.57 Å². The molecule has 0 unspecified atom stereocenters. The van der Waals surface area contributed by atoms with E-state index in [2.05, 4.69) is 58.4 Å². The number of carbonyl (C=O) groups is 1. The van der Waals surface area contributed by atoms with Gasteiger partial charge in [0.15, 0.2) is 0 Å². The highest BCUT2D eigenvalue weighted by Gasteiger charge is 2.63. The predicted octanol–water partition coefficient (Wildman–Crippen LogP) is 6.29. The van der Waals surface area contributed by atoms with Crippen LogP contribution in [-0.4, -0.2) is 60.1 Å². The van der Waals surface area contributed by atoms with Crippen LogP contribution in [-0.2, 0) is 4.79 Å². The van der Waals surface area contributed by atoms with Crippen LogP contribution in [0.4, 0.5) is 0 Å². The molecule has 1 heterocycles. The average Bonchev–Trinajstić information content (AvgIpc) is 3.12. The Morgan fingerprint density at radius 3 is 2.33 bits per heavy atom. The van der Waals surface area contributed by atoms with Gasteiger partial charge in [0, 0.05) is 32.6 Å². The highest BCUT2D eigenvalue weighted by atomic mass is 16.3. The molecule has 1 aliphatic heterocycles. The number of likely N-dealkylation sites (N-methyl/N-ethyl adjacent to an activating group) is 1.